The van der Waals surface area contributed by atoms with Crippen LogP contribution in [0.3, 0.4) is 0 Å². The molecule has 0 saturated carbocycles. The monoisotopic (exact) mass is 446 g/mol. The number of aliphatic hydroxyl groups is 1. The summed E-state index contributed by atoms with van der Waals surface area (Å²) in [7, 11) is 1.92. The molecule has 0 atom stereocenters. The lowest BCUT2D eigenvalue weighted by Crippen LogP contribution is -2.37. The van der Waals surface area contributed by atoms with Gasteiger partial charge in [-0.05, 0) is 61.4 Å². The lowest BCUT2D eigenvalue weighted by Gasteiger charge is -2.31. The minimum absolute atomic E-state index is 0.190. The number of aliphatic hydroxyl groups excluding tert-OH is 1. The number of hydrogen-bond acceptors (Lipinski definition) is 5. The van der Waals surface area contributed by atoms with E-state index in [0.717, 1.165) is 11.8 Å². The van der Waals surface area contributed by atoms with E-state index in [2.05, 4.69) is 39.6 Å². The Labute approximate surface area is 183 Å². The van der Waals surface area contributed by atoms with Gasteiger partial charge in [0.15, 0.2) is 0 Å². The number of aromatic amines is 1. The molecule has 4 rings (SSSR count). The van der Waals surface area contributed by atoms with Crippen LogP contribution in [0.15, 0.2) is 48.7 Å². The highest BCUT2D eigenvalue weighted by atomic mass is 19.4. The number of carbonyl (C=O) groups excluding carboxylic acids is 1. The third-order valence-electron chi connectivity index (χ3n) is 5.16. The number of anilines is 2. The van der Waals surface area contributed by atoms with E-state index in [9.17, 15) is 23.1 Å². The summed E-state index contributed by atoms with van der Waals surface area (Å²) in [4.78, 5) is 18.9. The lowest BCUT2D eigenvalue weighted by molar-refractivity contribution is -0.141. The minimum atomic E-state index is -4.52. The maximum atomic E-state index is 12.8. The second-order valence-electron chi connectivity index (χ2n) is 7.35. The second-order valence-corrected chi connectivity index (χ2v) is 7.35. The Morgan fingerprint density at radius 3 is 2.59 bits per heavy atom. The maximum Gasteiger partial charge on any atom is 0.433 e. The van der Waals surface area contributed by atoms with Gasteiger partial charge in [0, 0.05) is 48.5 Å². The topological polar surface area (TPSA) is 81.2 Å². The molecule has 1 aliphatic heterocycles. The molecule has 0 spiro atoms. The molecule has 170 valence electrons. The molecule has 0 aliphatic carbocycles. The largest absolute Gasteiger partial charge is 0.433 e. The molecule has 0 bridgehead atoms. The number of halogens is 3. The zero-order valence-corrected chi connectivity index (χ0v) is 17.6. The van der Waals surface area contributed by atoms with Crippen molar-refractivity contribution in [2.24, 2.45) is 0 Å². The highest BCUT2D eigenvalue weighted by Crippen LogP contribution is 2.32. The van der Waals surface area contributed by atoms with Gasteiger partial charge in [-0.2, -0.15) is 13.2 Å². The predicted octanol–water partition coefficient (Wildman–Crippen LogP) is 4.48. The molecule has 1 aliphatic rings. The molecule has 32 heavy (non-hydrogen) atoms. The SMILES string of the molecule is CNc1ccc2[nH]ccc2c1.O=C/C=C/c1ccc(C(F)(F)F)nc1N1CCC(O)CC1. The van der Waals surface area contributed by atoms with Gasteiger partial charge < -0.3 is 20.3 Å². The number of benzene rings is 1. The highest BCUT2D eigenvalue weighted by molar-refractivity contribution is 5.82. The zero-order chi connectivity index (χ0) is 23.1. The van der Waals surface area contributed by atoms with Gasteiger partial charge >= 0.3 is 6.18 Å². The molecule has 3 heterocycles. The number of aldehydes is 1. The second kappa shape index (κ2) is 10.3. The third-order valence-corrected chi connectivity index (χ3v) is 5.16. The van der Waals surface area contributed by atoms with Gasteiger partial charge in [-0.15, -0.1) is 0 Å². The predicted molar refractivity (Wildman–Crippen MR) is 120 cm³/mol. The van der Waals surface area contributed by atoms with Gasteiger partial charge in [-0.3, -0.25) is 4.79 Å². The Bertz CT molecular complexity index is 1070. The lowest BCUT2D eigenvalue weighted by atomic mass is 10.1. The minimum Gasteiger partial charge on any atom is -0.393 e. The fourth-order valence-electron chi connectivity index (χ4n) is 3.43. The van der Waals surface area contributed by atoms with E-state index < -0.39 is 18.0 Å². The van der Waals surface area contributed by atoms with Crippen LogP contribution in [0.4, 0.5) is 24.7 Å². The van der Waals surface area contributed by atoms with E-state index in [1.54, 1.807) is 4.90 Å². The van der Waals surface area contributed by atoms with Crippen LogP contribution in [0.25, 0.3) is 17.0 Å². The quantitative estimate of drug-likeness (QED) is 0.407. The molecule has 9 heteroatoms. The molecule has 1 aromatic carbocycles. The molecule has 2 aromatic heterocycles. The number of rotatable bonds is 4. The molecule has 6 nitrogen and oxygen atoms in total. The average Bonchev–Trinajstić information content (AvgIpc) is 3.26. The van der Waals surface area contributed by atoms with Crippen molar-refractivity contribution >= 4 is 34.8 Å². The Morgan fingerprint density at radius 2 is 1.94 bits per heavy atom. The first-order chi connectivity index (χ1) is 15.3. The number of hydrogen-bond donors (Lipinski definition) is 3. The molecule has 3 N–H and O–H groups in total. The van der Waals surface area contributed by atoms with Crippen LogP contribution >= 0.6 is 0 Å². The third kappa shape index (κ3) is 5.88. The zero-order valence-electron chi connectivity index (χ0n) is 17.6. The van der Waals surface area contributed by atoms with Crippen molar-refractivity contribution in [1.29, 1.82) is 0 Å². The normalized spacial score (nSPS) is 15.0. The number of fused-ring (bicyclic) bond motifs is 1. The molecular weight excluding hydrogens is 421 g/mol. The maximum absolute atomic E-state index is 12.8. The van der Waals surface area contributed by atoms with Gasteiger partial charge in [0.1, 0.15) is 17.8 Å². The number of H-pyrrole nitrogens is 1. The molecular formula is C23H25F3N4O2. The fraction of sp³-hybridized carbons (Fsp3) is 0.304. The standard InChI is InChI=1S/C14H15F3N2O2.C9H10N2/c15-14(16,17)12-4-3-10(2-1-9-20)13(18-12)19-7-5-11(21)6-8-19;1-10-8-2-3-9-7(6-8)4-5-11-9/h1-4,9,11,21H,5-8H2;2-6,10-11H,1H3/b2-1+;. The Hall–Kier alpha value is -3.33. The van der Waals surface area contributed by atoms with E-state index in [0.29, 0.717) is 37.8 Å². The van der Waals surface area contributed by atoms with E-state index >= 15 is 0 Å². The summed E-state index contributed by atoms with van der Waals surface area (Å²) in [6.45, 7) is 0.856. The number of allylic oxidation sites excluding steroid dienone is 1. The number of pyridine rings is 1. The first kappa shape index (κ1) is 23.3. The number of nitrogens with one attached hydrogen (secondary N) is 2. The van der Waals surface area contributed by atoms with Crippen molar-refractivity contribution in [3.63, 3.8) is 0 Å². The van der Waals surface area contributed by atoms with Gasteiger partial charge in [0.25, 0.3) is 0 Å². The van der Waals surface area contributed by atoms with Crippen molar-refractivity contribution in [3.05, 3.63) is 59.9 Å². The van der Waals surface area contributed by atoms with Crippen molar-refractivity contribution in [3.8, 4) is 0 Å². The van der Waals surface area contributed by atoms with Crippen LogP contribution < -0.4 is 10.2 Å². The van der Waals surface area contributed by atoms with Crippen molar-refractivity contribution in [2.75, 3.05) is 30.4 Å². The molecule has 1 fully saturated rings. The summed E-state index contributed by atoms with van der Waals surface area (Å²) in [5.41, 5.74) is 1.82. The van der Waals surface area contributed by atoms with Crippen LogP contribution in [0.5, 0.6) is 0 Å². The Morgan fingerprint density at radius 1 is 1.19 bits per heavy atom. The van der Waals surface area contributed by atoms with E-state index in [1.165, 1.54) is 29.1 Å². The van der Waals surface area contributed by atoms with Gasteiger partial charge in [0.2, 0.25) is 0 Å². The molecule has 1 saturated heterocycles. The first-order valence-electron chi connectivity index (χ1n) is 10.2. The molecule has 0 amide bonds. The van der Waals surface area contributed by atoms with Crippen LogP contribution in [-0.2, 0) is 11.0 Å². The highest BCUT2D eigenvalue weighted by Gasteiger charge is 2.33. The van der Waals surface area contributed by atoms with Gasteiger partial charge in [-0.1, -0.05) is 0 Å². The summed E-state index contributed by atoms with van der Waals surface area (Å²) < 4.78 is 38.4. The Kier molecular flexibility index (Phi) is 7.53. The number of aromatic nitrogens is 2. The summed E-state index contributed by atoms with van der Waals surface area (Å²) >= 11 is 0. The molecule has 0 unspecified atom stereocenters. The van der Waals surface area contributed by atoms with Crippen molar-refractivity contribution < 1.29 is 23.1 Å². The fourth-order valence-corrected chi connectivity index (χ4v) is 3.43. The summed E-state index contributed by atoms with van der Waals surface area (Å²) in [5, 5.41) is 13.8. The number of carbonyl (C=O) groups is 1. The smallest absolute Gasteiger partial charge is 0.393 e. The van der Waals surface area contributed by atoms with Crippen molar-refractivity contribution in [2.45, 2.75) is 25.1 Å². The van der Waals surface area contributed by atoms with Gasteiger partial charge in [0.05, 0.1) is 6.10 Å². The molecule has 3 aromatic rings. The van der Waals surface area contributed by atoms with Crippen LogP contribution in [0, 0.1) is 0 Å². The number of alkyl halides is 3. The van der Waals surface area contributed by atoms with E-state index in [1.807, 2.05) is 13.2 Å². The summed E-state index contributed by atoms with van der Waals surface area (Å²) in [6.07, 6.45) is 1.17. The van der Waals surface area contributed by atoms with E-state index in [-0.39, 0.29) is 5.82 Å². The van der Waals surface area contributed by atoms with Crippen LogP contribution in [0.1, 0.15) is 24.1 Å². The molecule has 0 radical (unpaired) electrons. The Balaban J connectivity index is 0.000000219. The van der Waals surface area contributed by atoms with Crippen LogP contribution in [0.2, 0.25) is 0 Å². The number of piperidine rings is 1. The van der Waals surface area contributed by atoms with Gasteiger partial charge in [-0.25, -0.2) is 4.98 Å². The first-order valence-corrected chi connectivity index (χ1v) is 10.2. The van der Waals surface area contributed by atoms with Crippen molar-refractivity contribution in [1.82, 2.24) is 9.97 Å². The summed E-state index contributed by atoms with van der Waals surface area (Å²) in [5.74, 6) is 0.190. The average molecular weight is 446 g/mol. The summed E-state index contributed by atoms with van der Waals surface area (Å²) in [6, 6.07) is 10.5. The number of nitrogens with zero attached hydrogens (tertiary/aromatic N) is 2. The van der Waals surface area contributed by atoms with E-state index in [4.69, 9.17) is 0 Å². The van der Waals surface area contributed by atoms with Crippen LogP contribution in [-0.4, -0.2) is 47.6 Å².